The van der Waals surface area contributed by atoms with Crippen LogP contribution >= 0.6 is 0 Å². The summed E-state index contributed by atoms with van der Waals surface area (Å²) in [6, 6.07) is 6.69. The average Bonchev–Trinajstić information content (AvgIpc) is 2.52. The second-order valence-electron chi connectivity index (χ2n) is 5.13. The Hall–Kier alpha value is -2.90. The van der Waals surface area contributed by atoms with Gasteiger partial charge in [0, 0.05) is 6.04 Å². The Morgan fingerprint density at radius 3 is 2.42 bits per heavy atom. The Morgan fingerprint density at radius 2 is 1.83 bits per heavy atom. The van der Waals surface area contributed by atoms with Crippen molar-refractivity contribution in [2.45, 2.75) is 26.3 Å². The highest BCUT2D eigenvalue weighted by Crippen LogP contribution is 2.10. The molecule has 0 saturated heterocycles. The minimum absolute atomic E-state index is 0.0197. The summed E-state index contributed by atoms with van der Waals surface area (Å²) in [6.07, 6.45) is 1.15. The third-order valence-electron chi connectivity index (χ3n) is 2.64. The van der Waals surface area contributed by atoms with Gasteiger partial charge in [-0.1, -0.05) is 0 Å². The van der Waals surface area contributed by atoms with Gasteiger partial charge in [-0.3, -0.25) is 9.59 Å². The number of benzene rings is 1. The average molecular weight is 335 g/mol. The molecule has 0 aliphatic heterocycles. The van der Waals surface area contributed by atoms with E-state index in [1.807, 2.05) is 13.8 Å². The molecule has 0 fully saturated rings. The first kappa shape index (κ1) is 19.1. The Morgan fingerprint density at radius 1 is 1.17 bits per heavy atom. The zero-order chi connectivity index (χ0) is 17.9. The molecule has 1 aromatic carbocycles. The molecule has 0 aliphatic carbocycles. The number of ether oxygens (including phenoxy) is 2. The molecule has 0 saturated carbocycles. The molecule has 0 spiro atoms. The van der Waals surface area contributed by atoms with Crippen LogP contribution in [0, 0.1) is 0 Å². The number of hydrazone groups is 1. The second-order valence-corrected chi connectivity index (χ2v) is 5.13. The number of hydrogen-bond acceptors (Lipinski definition) is 6. The number of nitrogens with zero attached hydrogens (tertiary/aromatic N) is 1. The highest BCUT2D eigenvalue weighted by Gasteiger charge is 2.09. The van der Waals surface area contributed by atoms with Crippen molar-refractivity contribution in [1.29, 1.82) is 0 Å². The van der Waals surface area contributed by atoms with E-state index in [-0.39, 0.29) is 25.0 Å². The Labute approximate surface area is 140 Å². The molecule has 24 heavy (non-hydrogen) atoms. The molecule has 1 rings (SSSR count). The number of carbonyl (C=O) groups is 3. The van der Waals surface area contributed by atoms with Crippen molar-refractivity contribution in [2.24, 2.45) is 5.10 Å². The van der Waals surface area contributed by atoms with Gasteiger partial charge in [0.15, 0.2) is 6.61 Å². The van der Waals surface area contributed by atoms with Gasteiger partial charge in [-0.25, -0.2) is 10.2 Å². The Kier molecular flexibility index (Phi) is 7.97. The summed E-state index contributed by atoms with van der Waals surface area (Å²) in [5.41, 5.74) is 2.99. The van der Waals surface area contributed by atoms with E-state index < -0.39 is 11.9 Å². The molecule has 1 aromatic rings. The SMILES string of the molecule is COC(=O)COc1ccc(/C=N/NC(=O)CC(=O)NC(C)C)cc1. The molecule has 0 heterocycles. The largest absolute Gasteiger partial charge is 0.482 e. The van der Waals surface area contributed by atoms with E-state index in [1.54, 1.807) is 24.3 Å². The van der Waals surface area contributed by atoms with E-state index in [1.165, 1.54) is 13.3 Å². The van der Waals surface area contributed by atoms with Crippen LogP contribution in [0.2, 0.25) is 0 Å². The molecule has 2 N–H and O–H groups in total. The quantitative estimate of drug-likeness (QED) is 0.313. The van der Waals surface area contributed by atoms with Crippen LogP contribution in [0.25, 0.3) is 0 Å². The van der Waals surface area contributed by atoms with Gasteiger partial charge in [-0.15, -0.1) is 0 Å². The van der Waals surface area contributed by atoms with Gasteiger partial charge in [-0.2, -0.15) is 5.10 Å². The molecule has 2 amide bonds. The molecule has 130 valence electrons. The molecular weight excluding hydrogens is 314 g/mol. The molecule has 0 unspecified atom stereocenters. The molecular formula is C16H21N3O5. The molecule has 0 aromatic heterocycles. The number of hydrogen-bond donors (Lipinski definition) is 2. The van der Waals surface area contributed by atoms with Gasteiger partial charge in [0.2, 0.25) is 11.8 Å². The van der Waals surface area contributed by atoms with Crippen LogP contribution in [0.4, 0.5) is 0 Å². The number of rotatable bonds is 8. The summed E-state index contributed by atoms with van der Waals surface area (Å²) in [6.45, 7) is 3.46. The van der Waals surface area contributed by atoms with E-state index >= 15 is 0 Å². The summed E-state index contributed by atoms with van der Waals surface area (Å²) in [7, 11) is 1.28. The fourth-order valence-electron chi connectivity index (χ4n) is 1.59. The van der Waals surface area contributed by atoms with Crippen LogP contribution in [0.3, 0.4) is 0 Å². The molecule has 8 heteroatoms. The van der Waals surface area contributed by atoms with Crippen LogP contribution in [-0.4, -0.2) is 43.8 Å². The zero-order valence-electron chi connectivity index (χ0n) is 13.9. The first-order valence-corrected chi connectivity index (χ1v) is 7.31. The van der Waals surface area contributed by atoms with Gasteiger partial charge in [-0.05, 0) is 43.7 Å². The summed E-state index contributed by atoms with van der Waals surface area (Å²) < 4.78 is 9.66. The van der Waals surface area contributed by atoms with Crippen LogP contribution in [-0.2, 0) is 19.1 Å². The maximum atomic E-state index is 11.5. The van der Waals surface area contributed by atoms with Gasteiger partial charge < -0.3 is 14.8 Å². The van der Waals surface area contributed by atoms with Crippen LogP contribution in [0.15, 0.2) is 29.4 Å². The van der Waals surface area contributed by atoms with Gasteiger partial charge >= 0.3 is 5.97 Å². The highest BCUT2D eigenvalue weighted by molar-refractivity contribution is 5.97. The van der Waals surface area contributed by atoms with Crippen LogP contribution in [0.1, 0.15) is 25.8 Å². The standard InChI is InChI=1S/C16H21N3O5/c1-11(2)18-14(20)8-15(21)19-17-9-12-4-6-13(7-5-12)24-10-16(22)23-3/h4-7,9,11H,8,10H2,1-3H3,(H,18,20)(H,19,21)/b17-9+. The number of amides is 2. The minimum atomic E-state index is -0.498. The maximum Gasteiger partial charge on any atom is 0.343 e. The first-order chi connectivity index (χ1) is 11.4. The van der Waals surface area contributed by atoms with Crippen molar-refractivity contribution in [3.8, 4) is 5.75 Å². The Balaban J connectivity index is 2.40. The highest BCUT2D eigenvalue weighted by atomic mass is 16.6. The predicted molar refractivity (Wildman–Crippen MR) is 87.6 cm³/mol. The van der Waals surface area contributed by atoms with Crippen molar-refractivity contribution >= 4 is 24.0 Å². The van der Waals surface area contributed by atoms with Crippen molar-refractivity contribution in [3.63, 3.8) is 0 Å². The summed E-state index contributed by atoms with van der Waals surface area (Å²) >= 11 is 0. The Bertz CT molecular complexity index is 596. The number of carbonyl (C=O) groups excluding carboxylic acids is 3. The second kappa shape index (κ2) is 9.98. The van der Waals surface area contributed by atoms with Crippen LogP contribution < -0.4 is 15.5 Å². The van der Waals surface area contributed by atoms with E-state index in [2.05, 4.69) is 20.6 Å². The monoisotopic (exact) mass is 335 g/mol. The van der Waals surface area contributed by atoms with Crippen molar-refractivity contribution < 1.29 is 23.9 Å². The third-order valence-corrected chi connectivity index (χ3v) is 2.64. The summed E-state index contributed by atoms with van der Waals surface area (Å²) in [4.78, 5) is 33.9. The fourth-order valence-corrected chi connectivity index (χ4v) is 1.59. The van der Waals surface area contributed by atoms with Crippen molar-refractivity contribution in [2.75, 3.05) is 13.7 Å². The topological polar surface area (TPSA) is 106 Å². The van der Waals surface area contributed by atoms with Gasteiger partial charge in [0.25, 0.3) is 0 Å². The summed E-state index contributed by atoms with van der Waals surface area (Å²) in [5.74, 6) is -0.816. The zero-order valence-corrected chi connectivity index (χ0v) is 13.9. The fraction of sp³-hybridized carbons (Fsp3) is 0.375. The van der Waals surface area contributed by atoms with Crippen molar-refractivity contribution in [3.05, 3.63) is 29.8 Å². The third kappa shape index (κ3) is 7.92. The van der Waals surface area contributed by atoms with E-state index in [4.69, 9.17) is 4.74 Å². The van der Waals surface area contributed by atoms with Gasteiger partial charge in [0.05, 0.1) is 13.3 Å². The molecule has 0 atom stereocenters. The molecule has 0 bridgehead atoms. The maximum absolute atomic E-state index is 11.5. The lowest BCUT2D eigenvalue weighted by Gasteiger charge is -2.07. The van der Waals surface area contributed by atoms with E-state index in [0.29, 0.717) is 11.3 Å². The summed E-state index contributed by atoms with van der Waals surface area (Å²) in [5, 5.41) is 6.39. The van der Waals surface area contributed by atoms with E-state index in [0.717, 1.165) is 0 Å². The van der Waals surface area contributed by atoms with Crippen LogP contribution in [0.5, 0.6) is 5.75 Å². The van der Waals surface area contributed by atoms with Crippen molar-refractivity contribution in [1.82, 2.24) is 10.7 Å². The first-order valence-electron chi connectivity index (χ1n) is 7.31. The van der Waals surface area contributed by atoms with Gasteiger partial charge in [0.1, 0.15) is 12.2 Å². The smallest absolute Gasteiger partial charge is 0.343 e. The molecule has 0 aliphatic rings. The number of nitrogens with one attached hydrogen (secondary N) is 2. The lowest BCUT2D eigenvalue weighted by molar-refractivity contribution is -0.143. The lowest BCUT2D eigenvalue weighted by Crippen LogP contribution is -2.34. The minimum Gasteiger partial charge on any atom is -0.482 e. The van der Waals surface area contributed by atoms with E-state index in [9.17, 15) is 14.4 Å². The number of esters is 1. The normalized spacial score (nSPS) is 10.5. The number of methoxy groups -OCH3 is 1. The molecule has 0 radical (unpaired) electrons. The predicted octanol–water partition coefficient (Wildman–Crippen LogP) is 0.603. The lowest BCUT2D eigenvalue weighted by atomic mass is 10.2. The molecule has 8 nitrogen and oxygen atoms in total.